The first kappa shape index (κ1) is 6.38. The van der Waals surface area contributed by atoms with E-state index in [9.17, 15) is 0 Å². The van der Waals surface area contributed by atoms with Gasteiger partial charge in [0.2, 0.25) is 0 Å². The van der Waals surface area contributed by atoms with Gasteiger partial charge in [0.05, 0.1) is 12.2 Å². The Morgan fingerprint density at radius 2 is 2.64 bits per heavy atom. The van der Waals surface area contributed by atoms with Crippen molar-refractivity contribution < 1.29 is 0 Å². The van der Waals surface area contributed by atoms with Gasteiger partial charge in [0.1, 0.15) is 6.07 Å². The first-order valence-electron chi connectivity index (χ1n) is 3.58. The molecule has 0 aliphatic carbocycles. The van der Waals surface area contributed by atoms with E-state index in [0.717, 1.165) is 25.3 Å². The van der Waals surface area contributed by atoms with Crippen LogP contribution in [0.3, 0.4) is 0 Å². The van der Waals surface area contributed by atoms with Crippen LogP contribution in [0.5, 0.6) is 0 Å². The minimum absolute atomic E-state index is 0.517. The molecule has 4 heteroatoms. The molecule has 0 spiro atoms. The number of nitriles is 1. The van der Waals surface area contributed by atoms with Crippen molar-refractivity contribution in [1.29, 1.82) is 5.26 Å². The summed E-state index contributed by atoms with van der Waals surface area (Å²) in [6, 6.07) is 3.85. The Bertz CT molecular complexity index is 283. The predicted octanol–water partition coefficient (Wildman–Crippen LogP) is -0.142. The molecule has 1 aliphatic rings. The van der Waals surface area contributed by atoms with E-state index in [1.54, 1.807) is 0 Å². The molecular weight excluding hydrogens is 140 g/mol. The highest BCUT2D eigenvalue weighted by molar-refractivity contribution is 5.22. The zero-order valence-corrected chi connectivity index (χ0v) is 6.04. The normalized spacial score (nSPS) is 15.5. The van der Waals surface area contributed by atoms with Gasteiger partial charge in [-0.15, -0.1) is 0 Å². The Morgan fingerprint density at radius 3 is 3.36 bits per heavy atom. The fourth-order valence-corrected chi connectivity index (χ4v) is 1.25. The molecule has 11 heavy (non-hydrogen) atoms. The Morgan fingerprint density at radius 1 is 1.73 bits per heavy atom. The van der Waals surface area contributed by atoms with Crippen LogP contribution in [0.2, 0.25) is 0 Å². The van der Waals surface area contributed by atoms with Gasteiger partial charge in [0.15, 0.2) is 5.69 Å². The van der Waals surface area contributed by atoms with Crippen LogP contribution in [-0.4, -0.2) is 16.3 Å². The van der Waals surface area contributed by atoms with Crippen LogP contribution in [0.1, 0.15) is 11.4 Å². The van der Waals surface area contributed by atoms with E-state index in [1.165, 1.54) is 0 Å². The number of nitrogens with one attached hydrogen (secondary N) is 1. The molecule has 0 unspecified atom stereocenters. The van der Waals surface area contributed by atoms with Crippen LogP contribution in [-0.2, 0) is 13.1 Å². The minimum atomic E-state index is 0.517. The minimum Gasteiger partial charge on any atom is -0.309 e. The van der Waals surface area contributed by atoms with Crippen molar-refractivity contribution in [2.75, 3.05) is 6.54 Å². The highest BCUT2D eigenvalue weighted by Gasteiger charge is 2.10. The second kappa shape index (κ2) is 2.36. The molecule has 2 rings (SSSR count). The van der Waals surface area contributed by atoms with E-state index in [-0.39, 0.29) is 0 Å². The smallest absolute Gasteiger partial charge is 0.162 e. The summed E-state index contributed by atoms with van der Waals surface area (Å²) in [7, 11) is 0. The topological polar surface area (TPSA) is 53.6 Å². The number of hydrogen-bond donors (Lipinski definition) is 1. The Kier molecular flexibility index (Phi) is 1.37. The molecular formula is C7H8N4. The number of hydrogen-bond acceptors (Lipinski definition) is 3. The average Bonchev–Trinajstić information content (AvgIpc) is 2.46. The van der Waals surface area contributed by atoms with Gasteiger partial charge < -0.3 is 5.32 Å². The van der Waals surface area contributed by atoms with Crippen molar-refractivity contribution in [3.63, 3.8) is 0 Å². The largest absolute Gasteiger partial charge is 0.309 e. The lowest BCUT2D eigenvalue weighted by molar-refractivity contribution is 0.475. The molecule has 0 amide bonds. The van der Waals surface area contributed by atoms with Crippen molar-refractivity contribution in [1.82, 2.24) is 15.1 Å². The molecule has 0 saturated heterocycles. The van der Waals surface area contributed by atoms with Gasteiger partial charge >= 0.3 is 0 Å². The monoisotopic (exact) mass is 148 g/mol. The first-order valence-corrected chi connectivity index (χ1v) is 3.58. The third-order valence-corrected chi connectivity index (χ3v) is 1.78. The summed E-state index contributed by atoms with van der Waals surface area (Å²) < 4.78 is 1.88. The van der Waals surface area contributed by atoms with Crippen LogP contribution in [0.4, 0.5) is 0 Å². The quantitative estimate of drug-likeness (QED) is 0.557. The maximum atomic E-state index is 8.54. The molecule has 1 aliphatic heterocycles. The molecule has 2 heterocycles. The van der Waals surface area contributed by atoms with Crippen molar-refractivity contribution in [2.24, 2.45) is 0 Å². The summed E-state index contributed by atoms with van der Waals surface area (Å²) in [5, 5.41) is 15.8. The second-order valence-electron chi connectivity index (χ2n) is 2.53. The lowest BCUT2D eigenvalue weighted by Gasteiger charge is -2.13. The maximum Gasteiger partial charge on any atom is 0.162 e. The van der Waals surface area contributed by atoms with Crippen LogP contribution < -0.4 is 5.32 Å². The fraction of sp³-hybridized carbons (Fsp3) is 0.429. The van der Waals surface area contributed by atoms with Crippen LogP contribution in [0.25, 0.3) is 0 Å². The van der Waals surface area contributed by atoms with Gasteiger partial charge in [-0.05, 0) is 6.07 Å². The average molecular weight is 148 g/mol. The molecule has 0 fully saturated rings. The molecule has 1 aromatic rings. The standard InChI is InChI=1S/C7H8N4/c8-4-6-3-7-5-9-1-2-11(7)10-6/h3,9H,1-2,5H2. The molecule has 4 nitrogen and oxygen atoms in total. The van der Waals surface area contributed by atoms with Crippen molar-refractivity contribution in [3.05, 3.63) is 17.5 Å². The highest BCUT2D eigenvalue weighted by atomic mass is 15.3. The van der Waals surface area contributed by atoms with Crippen LogP contribution in [0.15, 0.2) is 6.07 Å². The van der Waals surface area contributed by atoms with Crippen molar-refractivity contribution in [2.45, 2.75) is 13.1 Å². The molecule has 56 valence electrons. The molecule has 0 aromatic carbocycles. The van der Waals surface area contributed by atoms with Gasteiger partial charge in [-0.1, -0.05) is 0 Å². The molecule has 0 radical (unpaired) electrons. The number of aromatic nitrogens is 2. The molecule has 0 bridgehead atoms. The second-order valence-corrected chi connectivity index (χ2v) is 2.53. The van der Waals surface area contributed by atoms with Gasteiger partial charge in [-0.25, -0.2) is 0 Å². The summed E-state index contributed by atoms with van der Waals surface area (Å²) in [4.78, 5) is 0. The fourth-order valence-electron chi connectivity index (χ4n) is 1.25. The molecule has 1 N–H and O–H groups in total. The number of nitrogens with zero attached hydrogens (tertiary/aromatic N) is 3. The maximum absolute atomic E-state index is 8.54. The van der Waals surface area contributed by atoms with Crippen LogP contribution in [0, 0.1) is 11.3 Å². The SMILES string of the molecule is N#Cc1cc2n(n1)CCNC2. The summed E-state index contributed by atoms with van der Waals surface area (Å²) in [6.07, 6.45) is 0. The highest BCUT2D eigenvalue weighted by Crippen LogP contribution is 2.05. The van der Waals surface area contributed by atoms with E-state index >= 15 is 0 Å². The Hall–Kier alpha value is -1.34. The van der Waals surface area contributed by atoms with Gasteiger partial charge in [-0.2, -0.15) is 10.4 Å². The van der Waals surface area contributed by atoms with Crippen molar-refractivity contribution >= 4 is 0 Å². The third-order valence-electron chi connectivity index (χ3n) is 1.78. The van der Waals surface area contributed by atoms with E-state index < -0.39 is 0 Å². The number of fused-ring (bicyclic) bond motifs is 1. The van der Waals surface area contributed by atoms with Gasteiger partial charge in [0, 0.05) is 13.1 Å². The van der Waals surface area contributed by atoms with Crippen molar-refractivity contribution in [3.8, 4) is 6.07 Å². The first-order chi connectivity index (χ1) is 5.40. The zero-order chi connectivity index (χ0) is 7.68. The zero-order valence-electron chi connectivity index (χ0n) is 6.04. The summed E-state index contributed by atoms with van der Waals surface area (Å²) in [6.45, 7) is 2.64. The summed E-state index contributed by atoms with van der Waals surface area (Å²) in [5.74, 6) is 0. The lowest BCUT2D eigenvalue weighted by Crippen LogP contribution is -2.28. The Balaban J connectivity index is 2.42. The molecule has 0 atom stereocenters. The molecule has 1 aromatic heterocycles. The van der Waals surface area contributed by atoms with E-state index in [0.29, 0.717) is 5.69 Å². The van der Waals surface area contributed by atoms with Crippen LogP contribution >= 0.6 is 0 Å². The summed E-state index contributed by atoms with van der Waals surface area (Å²) >= 11 is 0. The molecule has 0 saturated carbocycles. The summed E-state index contributed by atoms with van der Waals surface area (Å²) in [5.41, 5.74) is 1.62. The lowest BCUT2D eigenvalue weighted by atomic mass is 10.3. The van der Waals surface area contributed by atoms with Gasteiger partial charge in [-0.3, -0.25) is 4.68 Å². The predicted molar refractivity (Wildman–Crippen MR) is 38.6 cm³/mol. The van der Waals surface area contributed by atoms with E-state index in [2.05, 4.69) is 10.4 Å². The van der Waals surface area contributed by atoms with E-state index in [4.69, 9.17) is 5.26 Å². The van der Waals surface area contributed by atoms with E-state index in [1.807, 2.05) is 16.8 Å². The third kappa shape index (κ3) is 0.994. The Labute approximate surface area is 64.4 Å². The van der Waals surface area contributed by atoms with Gasteiger partial charge in [0.25, 0.3) is 0 Å². The number of rotatable bonds is 0.